The first-order valence-electron chi connectivity index (χ1n) is 5.68. The van der Waals surface area contributed by atoms with Gasteiger partial charge >= 0.3 is 0 Å². The summed E-state index contributed by atoms with van der Waals surface area (Å²) in [6, 6.07) is 7.24. The molecular formula is C14H17NO3. The summed E-state index contributed by atoms with van der Waals surface area (Å²) in [6.07, 6.45) is 1.67. The summed E-state index contributed by atoms with van der Waals surface area (Å²) in [7, 11) is 3.24. The predicted octanol–water partition coefficient (Wildman–Crippen LogP) is 2.65. The molecule has 0 aliphatic rings. The summed E-state index contributed by atoms with van der Waals surface area (Å²) >= 11 is 0. The molecular weight excluding hydrogens is 230 g/mol. The van der Waals surface area contributed by atoms with Gasteiger partial charge in [-0.3, -0.25) is 0 Å². The number of hydrogen-bond acceptors (Lipinski definition) is 4. The van der Waals surface area contributed by atoms with Crippen LogP contribution in [0.25, 0.3) is 0 Å². The summed E-state index contributed by atoms with van der Waals surface area (Å²) in [4.78, 5) is 0. The standard InChI is InChI=1S/C14H17NO3/c1-9-6-10(8-18-9)14(15)12-5-4-11(16-2)7-13(12)17-3/h4-8,14H,15H2,1-3H3. The fourth-order valence-corrected chi connectivity index (χ4v) is 1.88. The Labute approximate surface area is 106 Å². The Balaban J connectivity index is 2.38. The molecule has 1 aromatic carbocycles. The van der Waals surface area contributed by atoms with Crippen molar-refractivity contribution in [3.8, 4) is 11.5 Å². The molecule has 0 aliphatic heterocycles. The zero-order valence-electron chi connectivity index (χ0n) is 10.8. The van der Waals surface area contributed by atoms with Crippen molar-refractivity contribution in [3.05, 3.63) is 47.4 Å². The first-order valence-corrected chi connectivity index (χ1v) is 5.68. The lowest BCUT2D eigenvalue weighted by molar-refractivity contribution is 0.390. The van der Waals surface area contributed by atoms with Crippen LogP contribution in [0.1, 0.15) is 22.9 Å². The van der Waals surface area contributed by atoms with Gasteiger partial charge < -0.3 is 19.6 Å². The number of ether oxygens (including phenoxy) is 2. The molecule has 4 nitrogen and oxygen atoms in total. The second-order valence-corrected chi connectivity index (χ2v) is 4.08. The van der Waals surface area contributed by atoms with Gasteiger partial charge in [-0.2, -0.15) is 0 Å². The van der Waals surface area contributed by atoms with Gasteiger partial charge in [0, 0.05) is 17.2 Å². The van der Waals surface area contributed by atoms with Crippen molar-refractivity contribution in [2.24, 2.45) is 5.73 Å². The van der Waals surface area contributed by atoms with Crippen LogP contribution in [0.4, 0.5) is 0 Å². The van der Waals surface area contributed by atoms with Crippen molar-refractivity contribution < 1.29 is 13.9 Å². The van der Waals surface area contributed by atoms with Crippen LogP contribution in [0.2, 0.25) is 0 Å². The summed E-state index contributed by atoms with van der Waals surface area (Å²) in [5.74, 6) is 2.29. The number of hydrogen-bond donors (Lipinski definition) is 1. The molecule has 96 valence electrons. The van der Waals surface area contributed by atoms with Crippen molar-refractivity contribution >= 4 is 0 Å². The van der Waals surface area contributed by atoms with Crippen molar-refractivity contribution in [1.82, 2.24) is 0 Å². The third kappa shape index (κ3) is 2.33. The number of nitrogens with two attached hydrogens (primary N) is 1. The van der Waals surface area contributed by atoms with Gasteiger partial charge in [-0.25, -0.2) is 0 Å². The highest BCUT2D eigenvalue weighted by molar-refractivity contribution is 5.45. The zero-order chi connectivity index (χ0) is 13.1. The molecule has 1 unspecified atom stereocenters. The van der Waals surface area contributed by atoms with Crippen LogP contribution in [0.3, 0.4) is 0 Å². The highest BCUT2D eigenvalue weighted by atomic mass is 16.5. The van der Waals surface area contributed by atoms with Crippen molar-refractivity contribution in [3.63, 3.8) is 0 Å². The monoisotopic (exact) mass is 247 g/mol. The van der Waals surface area contributed by atoms with Crippen LogP contribution in [0.15, 0.2) is 34.9 Å². The lowest BCUT2D eigenvalue weighted by atomic mass is 10.0. The van der Waals surface area contributed by atoms with Gasteiger partial charge in [0.2, 0.25) is 0 Å². The first kappa shape index (κ1) is 12.5. The predicted molar refractivity (Wildman–Crippen MR) is 69.0 cm³/mol. The van der Waals surface area contributed by atoms with Crippen LogP contribution in [0.5, 0.6) is 11.5 Å². The maximum Gasteiger partial charge on any atom is 0.127 e. The highest BCUT2D eigenvalue weighted by Crippen LogP contribution is 2.32. The Hall–Kier alpha value is -1.94. The molecule has 0 saturated carbocycles. The first-order chi connectivity index (χ1) is 8.65. The molecule has 1 atom stereocenters. The SMILES string of the molecule is COc1ccc(C(N)c2coc(C)c2)c(OC)c1. The molecule has 0 aliphatic carbocycles. The lowest BCUT2D eigenvalue weighted by Crippen LogP contribution is -2.12. The van der Waals surface area contributed by atoms with Crippen molar-refractivity contribution in [2.45, 2.75) is 13.0 Å². The number of aryl methyl sites for hydroxylation is 1. The van der Waals surface area contributed by atoms with E-state index in [1.807, 2.05) is 31.2 Å². The summed E-state index contributed by atoms with van der Waals surface area (Å²) in [5.41, 5.74) is 8.05. The topological polar surface area (TPSA) is 57.6 Å². The van der Waals surface area contributed by atoms with E-state index in [2.05, 4.69) is 0 Å². The zero-order valence-corrected chi connectivity index (χ0v) is 10.8. The molecule has 0 saturated heterocycles. The Morgan fingerprint density at radius 3 is 2.50 bits per heavy atom. The van der Waals surface area contributed by atoms with Gasteiger partial charge in [0.1, 0.15) is 17.3 Å². The number of furan rings is 1. The third-order valence-electron chi connectivity index (χ3n) is 2.89. The normalized spacial score (nSPS) is 12.2. The van der Waals surface area contributed by atoms with E-state index >= 15 is 0 Å². The summed E-state index contributed by atoms with van der Waals surface area (Å²) < 4.78 is 15.8. The summed E-state index contributed by atoms with van der Waals surface area (Å²) in [5, 5.41) is 0. The minimum Gasteiger partial charge on any atom is -0.497 e. The summed E-state index contributed by atoms with van der Waals surface area (Å²) in [6.45, 7) is 1.89. The van der Waals surface area contributed by atoms with Gasteiger partial charge in [-0.1, -0.05) is 0 Å². The van der Waals surface area contributed by atoms with Crippen LogP contribution in [0, 0.1) is 6.92 Å². The molecule has 0 fully saturated rings. The van der Waals surface area contributed by atoms with E-state index < -0.39 is 0 Å². The van der Waals surface area contributed by atoms with Gasteiger partial charge in [-0.15, -0.1) is 0 Å². The van der Waals surface area contributed by atoms with E-state index in [1.54, 1.807) is 20.5 Å². The molecule has 1 heterocycles. The fraction of sp³-hybridized carbons (Fsp3) is 0.286. The van der Waals surface area contributed by atoms with E-state index in [9.17, 15) is 0 Å². The van der Waals surface area contributed by atoms with Crippen LogP contribution in [-0.2, 0) is 0 Å². The highest BCUT2D eigenvalue weighted by Gasteiger charge is 2.16. The van der Waals surface area contributed by atoms with Gasteiger partial charge in [0.15, 0.2) is 0 Å². The fourth-order valence-electron chi connectivity index (χ4n) is 1.88. The minimum absolute atomic E-state index is 0.275. The molecule has 0 amide bonds. The van der Waals surface area contributed by atoms with Crippen LogP contribution >= 0.6 is 0 Å². The van der Waals surface area contributed by atoms with Gasteiger partial charge in [0.25, 0.3) is 0 Å². The average Bonchev–Trinajstić information content (AvgIpc) is 2.83. The lowest BCUT2D eigenvalue weighted by Gasteiger charge is -2.15. The molecule has 0 bridgehead atoms. The average molecular weight is 247 g/mol. The Bertz CT molecular complexity index is 534. The Kier molecular flexibility index (Phi) is 3.58. The Morgan fingerprint density at radius 1 is 1.17 bits per heavy atom. The molecule has 2 aromatic rings. The second-order valence-electron chi connectivity index (χ2n) is 4.08. The maximum atomic E-state index is 6.22. The van der Waals surface area contributed by atoms with E-state index in [0.717, 1.165) is 22.6 Å². The van der Waals surface area contributed by atoms with Gasteiger partial charge in [0.05, 0.1) is 26.5 Å². The molecule has 4 heteroatoms. The van der Waals surface area contributed by atoms with E-state index in [1.165, 1.54) is 0 Å². The smallest absolute Gasteiger partial charge is 0.127 e. The third-order valence-corrected chi connectivity index (χ3v) is 2.89. The largest absolute Gasteiger partial charge is 0.497 e. The molecule has 0 spiro atoms. The number of rotatable bonds is 4. The van der Waals surface area contributed by atoms with Crippen molar-refractivity contribution in [1.29, 1.82) is 0 Å². The maximum absolute atomic E-state index is 6.22. The number of methoxy groups -OCH3 is 2. The molecule has 1 aromatic heterocycles. The van der Waals surface area contributed by atoms with Crippen LogP contribution < -0.4 is 15.2 Å². The van der Waals surface area contributed by atoms with Crippen LogP contribution in [-0.4, -0.2) is 14.2 Å². The molecule has 2 rings (SSSR count). The van der Waals surface area contributed by atoms with E-state index in [0.29, 0.717) is 5.75 Å². The quantitative estimate of drug-likeness (QED) is 0.902. The molecule has 18 heavy (non-hydrogen) atoms. The molecule has 0 radical (unpaired) electrons. The molecule has 2 N–H and O–H groups in total. The van der Waals surface area contributed by atoms with Gasteiger partial charge in [-0.05, 0) is 25.1 Å². The Morgan fingerprint density at radius 2 is 1.94 bits per heavy atom. The second kappa shape index (κ2) is 5.14. The minimum atomic E-state index is -0.275. The van der Waals surface area contributed by atoms with Crippen molar-refractivity contribution in [2.75, 3.05) is 14.2 Å². The number of benzene rings is 1. The van der Waals surface area contributed by atoms with E-state index in [-0.39, 0.29) is 6.04 Å². The van der Waals surface area contributed by atoms with E-state index in [4.69, 9.17) is 19.6 Å².